The maximum absolute atomic E-state index is 9.41. The molecule has 1 unspecified atom stereocenters. The average Bonchev–Trinajstić information content (AvgIpc) is 2.63. The van der Waals surface area contributed by atoms with Crippen LogP contribution in [0.2, 0.25) is 0 Å². The molecule has 0 aromatic rings. The van der Waals surface area contributed by atoms with E-state index in [1.807, 2.05) is 14.1 Å². The highest BCUT2D eigenvalue weighted by Gasteiger charge is 2.28. The Labute approximate surface area is 62.8 Å². The van der Waals surface area contributed by atoms with Crippen LogP contribution in [0.4, 0.5) is 0 Å². The highest BCUT2D eigenvalue weighted by Crippen LogP contribution is 2.33. The molecule has 0 radical (unpaired) electrons. The standard InChI is InChI=1S/C8H17NO/c1-9(2)6-5-8(10)7-3-4-7/h7-8,10H,3-6H2,1-2H3. The van der Waals surface area contributed by atoms with Crippen LogP contribution < -0.4 is 0 Å². The molecule has 2 nitrogen and oxygen atoms in total. The smallest absolute Gasteiger partial charge is 0.0580 e. The first-order valence-corrected chi connectivity index (χ1v) is 4.03. The zero-order chi connectivity index (χ0) is 7.56. The van der Waals surface area contributed by atoms with Crippen LogP contribution in [0.3, 0.4) is 0 Å². The van der Waals surface area contributed by atoms with Crippen LogP contribution in [0.1, 0.15) is 19.3 Å². The van der Waals surface area contributed by atoms with Crippen molar-refractivity contribution >= 4 is 0 Å². The molecule has 1 aliphatic rings. The minimum absolute atomic E-state index is 0.0256. The summed E-state index contributed by atoms with van der Waals surface area (Å²) in [4.78, 5) is 2.12. The molecule has 1 saturated carbocycles. The van der Waals surface area contributed by atoms with Crippen LogP contribution in [0.5, 0.6) is 0 Å². The summed E-state index contributed by atoms with van der Waals surface area (Å²) in [5, 5.41) is 9.41. The van der Waals surface area contributed by atoms with Crippen molar-refractivity contribution in [1.29, 1.82) is 0 Å². The van der Waals surface area contributed by atoms with E-state index in [0.717, 1.165) is 13.0 Å². The molecule has 0 bridgehead atoms. The Morgan fingerprint density at radius 2 is 2.10 bits per heavy atom. The third-order valence-corrected chi connectivity index (χ3v) is 2.04. The van der Waals surface area contributed by atoms with E-state index in [1.54, 1.807) is 0 Å². The SMILES string of the molecule is CN(C)CCC(O)C1CC1. The highest BCUT2D eigenvalue weighted by atomic mass is 16.3. The Hall–Kier alpha value is -0.0800. The van der Waals surface area contributed by atoms with Crippen LogP contribution in [0.25, 0.3) is 0 Å². The van der Waals surface area contributed by atoms with E-state index in [9.17, 15) is 5.11 Å². The van der Waals surface area contributed by atoms with Crippen LogP contribution in [0, 0.1) is 5.92 Å². The van der Waals surface area contributed by atoms with Crippen molar-refractivity contribution in [2.45, 2.75) is 25.4 Å². The molecule has 10 heavy (non-hydrogen) atoms. The van der Waals surface area contributed by atoms with Gasteiger partial charge in [0.15, 0.2) is 0 Å². The normalized spacial score (nSPS) is 21.6. The highest BCUT2D eigenvalue weighted by molar-refractivity contribution is 4.80. The van der Waals surface area contributed by atoms with Gasteiger partial charge in [0.25, 0.3) is 0 Å². The average molecular weight is 143 g/mol. The Balaban J connectivity index is 2.00. The van der Waals surface area contributed by atoms with Gasteiger partial charge in [0.2, 0.25) is 0 Å². The summed E-state index contributed by atoms with van der Waals surface area (Å²) in [6.07, 6.45) is 3.41. The van der Waals surface area contributed by atoms with Crippen molar-refractivity contribution in [2.75, 3.05) is 20.6 Å². The molecule has 0 aromatic carbocycles. The predicted molar refractivity (Wildman–Crippen MR) is 41.9 cm³/mol. The molecule has 2 heteroatoms. The lowest BCUT2D eigenvalue weighted by atomic mass is 10.1. The molecule has 0 heterocycles. The van der Waals surface area contributed by atoms with Gasteiger partial charge in [-0.2, -0.15) is 0 Å². The van der Waals surface area contributed by atoms with Crippen molar-refractivity contribution in [3.05, 3.63) is 0 Å². The second-order valence-electron chi connectivity index (χ2n) is 3.50. The molecule has 0 amide bonds. The quantitative estimate of drug-likeness (QED) is 0.626. The number of hydrogen-bond acceptors (Lipinski definition) is 2. The van der Waals surface area contributed by atoms with E-state index in [2.05, 4.69) is 4.90 Å². The summed E-state index contributed by atoms with van der Waals surface area (Å²) in [6, 6.07) is 0. The largest absolute Gasteiger partial charge is 0.393 e. The van der Waals surface area contributed by atoms with E-state index in [1.165, 1.54) is 12.8 Å². The summed E-state index contributed by atoms with van der Waals surface area (Å²) in [6.45, 7) is 1.01. The van der Waals surface area contributed by atoms with Crippen molar-refractivity contribution in [2.24, 2.45) is 5.92 Å². The molecule has 0 saturated heterocycles. The van der Waals surface area contributed by atoms with Crippen molar-refractivity contribution in [3.8, 4) is 0 Å². The van der Waals surface area contributed by atoms with Gasteiger partial charge in [-0.3, -0.25) is 0 Å². The summed E-state index contributed by atoms with van der Waals surface area (Å²) >= 11 is 0. The molecule has 0 aliphatic heterocycles. The first-order valence-electron chi connectivity index (χ1n) is 4.03. The van der Waals surface area contributed by atoms with E-state index >= 15 is 0 Å². The molecule has 1 rings (SSSR count). The summed E-state index contributed by atoms with van der Waals surface area (Å²) < 4.78 is 0. The van der Waals surface area contributed by atoms with Gasteiger partial charge in [0.1, 0.15) is 0 Å². The maximum Gasteiger partial charge on any atom is 0.0580 e. The Morgan fingerprint density at radius 3 is 2.50 bits per heavy atom. The van der Waals surface area contributed by atoms with Gasteiger partial charge in [-0.25, -0.2) is 0 Å². The number of hydrogen-bond donors (Lipinski definition) is 1. The topological polar surface area (TPSA) is 23.5 Å². The van der Waals surface area contributed by atoms with Crippen molar-refractivity contribution in [3.63, 3.8) is 0 Å². The molecule has 60 valence electrons. The molecular formula is C8H17NO. The molecule has 1 fully saturated rings. The number of nitrogens with zero attached hydrogens (tertiary/aromatic N) is 1. The zero-order valence-corrected chi connectivity index (χ0v) is 6.88. The van der Waals surface area contributed by atoms with Gasteiger partial charge in [-0.05, 0) is 45.8 Å². The third-order valence-electron chi connectivity index (χ3n) is 2.04. The molecule has 1 N–H and O–H groups in total. The Bertz CT molecular complexity index is 99.4. The van der Waals surface area contributed by atoms with E-state index < -0.39 is 0 Å². The lowest BCUT2D eigenvalue weighted by Crippen LogP contribution is -2.20. The number of rotatable bonds is 4. The minimum Gasteiger partial charge on any atom is -0.393 e. The minimum atomic E-state index is -0.0256. The summed E-state index contributed by atoms with van der Waals surface area (Å²) in [5.41, 5.74) is 0. The van der Waals surface area contributed by atoms with E-state index in [4.69, 9.17) is 0 Å². The van der Waals surface area contributed by atoms with Gasteiger partial charge < -0.3 is 10.0 Å². The maximum atomic E-state index is 9.41. The fourth-order valence-corrected chi connectivity index (χ4v) is 1.11. The summed E-state index contributed by atoms with van der Waals surface area (Å²) in [5.74, 6) is 0.639. The first kappa shape index (κ1) is 8.02. The summed E-state index contributed by atoms with van der Waals surface area (Å²) in [7, 11) is 4.08. The van der Waals surface area contributed by atoms with Gasteiger partial charge in [-0.15, -0.1) is 0 Å². The fourth-order valence-electron chi connectivity index (χ4n) is 1.11. The van der Waals surface area contributed by atoms with E-state index in [-0.39, 0.29) is 6.10 Å². The van der Waals surface area contributed by atoms with Crippen LogP contribution in [-0.2, 0) is 0 Å². The van der Waals surface area contributed by atoms with E-state index in [0.29, 0.717) is 5.92 Å². The molecule has 1 atom stereocenters. The van der Waals surface area contributed by atoms with Crippen molar-refractivity contribution < 1.29 is 5.11 Å². The number of aliphatic hydroxyl groups is 1. The second-order valence-corrected chi connectivity index (χ2v) is 3.50. The predicted octanol–water partition coefficient (Wildman–Crippen LogP) is 0.709. The van der Waals surface area contributed by atoms with Crippen LogP contribution in [0.15, 0.2) is 0 Å². The Kier molecular flexibility index (Phi) is 2.69. The van der Waals surface area contributed by atoms with Crippen LogP contribution in [-0.4, -0.2) is 36.8 Å². The van der Waals surface area contributed by atoms with Crippen LogP contribution >= 0.6 is 0 Å². The molecule has 1 aliphatic carbocycles. The zero-order valence-electron chi connectivity index (χ0n) is 6.88. The van der Waals surface area contributed by atoms with Gasteiger partial charge in [0, 0.05) is 0 Å². The molecule has 0 spiro atoms. The molecular weight excluding hydrogens is 126 g/mol. The van der Waals surface area contributed by atoms with Gasteiger partial charge >= 0.3 is 0 Å². The number of aliphatic hydroxyl groups excluding tert-OH is 1. The first-order chi connectivity index (χ1) is 4.70. The second kappa shape index (κ2) is 3.35. The monoisotopic (exact) mass is 143 g/mol. The van der Waals surface area contributed by atoms with Crippen molar-refractivity contribution in [1.82, 2.24) is 4.90 Å². The Morgan fingerprint density at radius 1 is 1.50 bits per heavy atom. The van der Waals surface area contributed by atoms with Gasteiger partial charge in [-0.1, -0.05) is 0 Å². The third kappa shape index (κ3) is 2.67. The van der Waals surface area contributed by atoms with Gasteiger partial charge in [0.05, 0.1) is 6.10 Å². The lowest BCUT2D eigenvalue weighted by Gasteiger charge is -2.12. The lowest BCUT2D eigenvalue weighted by molar-refractivity contribution is 0.130. The molecule has 0 aromatic heterocycles. The fraction of sp³-hybridized carbons (Fsp3) is 1.00.